The number of anilines is 1. The number of amides is 2. The molecule has 2 amide bonds. The molecule has 0 saturated carbocycles. The smallest absolute Gasteiger partial charge is 0.319 e. The summed E-state index contributed by atoms with van der Waals surface area (Å²) in [7, 11) is 1.58. The van der Waals surface area contributed by atoms with Gasteiger partial charge in [0.25, 0.3) is 0 Å². The predicted molar refractivity (Wildman–Crippen MR) is 89.4 cm³/mol. The number of aryl methyl sites for hydroxylation is 1. The standard InChI is InChI=1S/C18H22N2O2/c1-4-14-9-11-15(12-10-14)13(2)19-18(21)20-16-7-5-6-8-17(16)22-3/h5-13H,4H2,1-3H3,(H2,19,20,21)/t13-/m0/s1. The molecule has 1 atom stereocenters. The van der Waals surface area contributed by atoms with Crippen molar-refractivity contribution in [2.75, 3.05) is 12.4 Å². The van der Waals surface area contributed by atoms with Crippen molar-refractivity contribution < 1.29 is 9.53 Å². The van der Waals surface area contributed by atoms with Gasteiger partial charge in [-0.2, -0.15) is 0 Å². The Bertz CT molecular complexity index is 623. The van der Waals surface area contributed by atoms with E-state index in [1.54, 1.807) is 13.2 Å². The summed E-state index contributed by atoms with van der Waals surface area (Å²) < 4.78 is 5.22. The van der Waals surface area contributed by atoms with Crippen molar-refractivity contribution in [3.05, 3.63) is 59.7 Å². The third-order valence-electron chi connectivity index (χ3n) is 3.59. The van der Waals surface area contributed by atoms with E-state index in [2.05, 4.69) is 29.7 Å². The number of benzene rings is 2. The molecule has 0 saturated heterocycles. The molecule has 4 heteroatoms. The van der Waals surface area contributed by atoms with Gasteiger partial charge in [-0.25, -0.2) is 4.79 Å². The molecule has 116 valence electrons. The van der Waals surface area contributed by atoms with Gasteiger partial charge in [-0.1, -0.05) is 43.3 Å². The van der Waals surface area contributed by atoms with Gasteiger partial charge in [0.1, 0.15) is 5.75 Å². The molecule has 2 aromatic carbocycles. The van der Waals surface area contributed by atoms with Crippen LogP contribution in [-0.2, 0) is 6.42 Å². The van der Waals surface area contributed by atoms with Crippen LogP contribution >= 0.6 is 0 Å². The van der Waals surface area contributed by atoms with Gasteiger partial charge in [-0.05, 0) is 36.6 Å². The Labute approximate surface area is 131 Å². The molecule has 0 unspecified atom stereocenters. The van der Waals surface area contributed by atoms with E-state index in [-0.39, 0.29) is 12.1 Å². The lowest BCUT2D eigenvalue weighted by molar-refractivity contribution is 0.249. The van der Waals surface area contributed by atoms with Gasteiger partial charge in [-0.15, -0.1) is 0 Å². The maximum atomic E-state index is 12.1. The third kappa shape index (κ3) is 4.01. The van der Waals surface area contributed by atoms with Crippen molar-refractivity contribution >= 4 is 11.7 Å². The van der Waals surface area contributed by atoms with Crippen LogP contribution in [0.25, 0.3) is 0 Å². The van der Waals surface area contributed by atoms with Crippen LogP contribution in [-0.4, -0.2) is 13.1 Å². The van der Waals surface area contributed by atoms with Crippen LogP contribution in [0.3, 0.4) is 0 Å². The lowest BCUT2D eigenvalue weighted by atomic mass is 10.1. The maximum absolute atomic E-state index is 12.1. The topological polar surface area (TPSA) is 50.4 Å². The van der Waals surface area contributed by atoms with Gasteiger partial charge < -0.3 is 15.4 Å². The minimum absolute atomic E-state index is 0.0689. The first-order valence-corrected chi connectivity index (χ1v) is 7.43. The highest BCUT2D eigenvalue weighted by Crippen LogP contribution is 2.23. The number of para-hydroxylation sites is 2. The van der Waals surface area contributed by atoms with E-state index in [9.17, 15) is 4.79 Å². The van der Waals surface area contributed by atoms with Crippen molar-refractivity contribution in [2.45, 2.75) is 26.3 Å². The summed E-state index contributed by atoms with van der Waals surface area (Å²) in [5.74, 6) is 0.637. The summed E-state index contributed by atoms with van der Waals surface area (Å²) in [6.07, 6.45) is 1.01. The summed E-state index contributed by atoms with van der Waals surface area (Å²) in [6, 6.07) is 15.3. The molecule has 0 spiro atoms. The van der Waals surface area contributed by atoms with Crippen molar-refractivity contribution in [3.63, 3.8) is 0 Å². The van der Waals surface area contributed by atoms with Crippen molar-refractivity contribution in [3.8, 4) is 5.75 Å². The Morgan fingerprint density at radius 3 is 2.45 bits per heavy atom. The number of ether oxygens (including phenoxy) is 1. The molecule has 0 heterocycles. The van der Waals surface area contributed by atoms with Gasteiger partial charge in [0, 0.05) is 0 Å². The number of carbonyl (C=O) groups is 1. The summed E-state index contributed by atoms with van der Waals surface area (Å²) in [5.41, 5.74) is 3.01. The number of rotatable bonds is 5. The first-order valence-electron chi connectivity index (χ1n) is 7.43. The average Bonchev–Trinajstić information content (AvgIpc) is 2.55. The van der Waals surface area contributed by atoms with Crippen LogP contribution in [0.15, 0.2) is 48.5 Å². The molecule has 0 aliphatic heterocycles. The van der Waals surface area contributed by atoms with E-state index in [4.69, 9.17) is 4.74 Å². The fraction of sp³-hybridized carbons (Fsp3) is 0.278. The molecule has 0 bridgehead atoms. The molecule has 0 radical (unpaired) electrons. The fourth-order valence-electron chi connectivity index (χ4n) is 2.23. The highest BCUT2D eigenvalue weighted by Gasteiger charge is 2.11. The molecular formula is C18H22N2O2. The molecular weight excluding hydrogens is 276 g/mol. The van der Waals surface area contributed by atoms with E-state index in [0.29, 0.717) is 11.4 Å². The van der Waals surface area contributed by atoms with Crippen LogP contribution in [0.5, 0.6) is 5.75 Å². The van der Waals surface area contributed by atoms with Crippen molar-refractivity contribution in [1.29, 1.82) is 0 Å². The molecule has 0 aliphatic carbocycles. The third-order valence-corrected chi connectivity index (χ3v) is 3.59. The lowest BCUT2D eigenvalue weighted by Gasteiger charge is -2.16. The van der Waals surface area contributed by atoms with Gasteiger partial charge in [0.15, 0.2) is 0 Å². The number of nitrogens with one attached hydrogen (secondary N) is 2. The Hall–Kier alpha value is -2.49. The maximum Gasteiger partial charge on any atom is 0.319 e. The predicted octanol–water partition coefficient (Wildman–Crippen LogP) is 4.14. The second kappa shape index (κ2) is 7.50. The Kier molecular flexibility index (Phi) is 5.42. The molecule has 4 nitrogen and oxygen atoms in total. The summed E-state index contributed by atoms with van der Waals surface area (Å²) >= 11 is 0. The van der Waals surface area contributed by atoms with E-state index in [1.807, 2.05) is 37.3 Å². The van der Waals surface area contributed by atoms with Gasteiger partial charge in [-0.3, -0.25) is 0 Å². The first-order chi connectivity index (χ1) is 10.6. The largest absolute Gasteiger partial charge is 0.495 e. The molecule has 0 fully saturated rings. The van der Waals surface area contributed by atoms with Gasteiger partial charge in [0.2, 0.25) is 0 Å². The average molecular weight is 298 g/mol. The summed E-state index contributed by atoms with van der Waals surface area (Å²) in [5, 5.41) is 5.74. The van der Waals surface area contributed by atoms with Crippen molar-refractivity contribution in [2.24, 2.45) is 0 Å². The molecule has 0 aliphatic rings. The number of hydrogen-bond acceptors (Lipinski definition) is 2. The van der Waals surface area contributed by atoms with E-state index < -0.39 is 0 Å². The van der Waals surface area contributed by atoms with Crippen LogP contribution < -0.4 is 15.4 Å². The van der Waals surface area contributed by atoms with E-state index >= 15 is 0 Å². The minimum atomic E-state index is -0.253. The normalized spacial score (nSPS) is 11.6. The van der Waals surface area contributed by atoms with Gasteiger partial charge in [0.05, 0.1) is 18.8 Å². The zero-order chi connectivity index (χ0) is 15.9. The summed E-state index contributed by atoms with van der Waals surface area (Å²) in [6.45, 7) is 4.08. The highest BCUT2D eigenvalue weighted by atomic mass is 16.5. The Morgan fingerprint density at radius 2 is 1.82 bits per heavy atom. The quantitative estimate of drug-likeness (QED) is 0.871. The molecule has 22 heavy (non-hydrogen) atoms. The van der Waals surface area contributed by atoms with Crippen LogP contribution in [0.4, 0.5) is 10.5 Å². The van der Waals surface area contributed by atoms with Crippen LogP contribution in [0.2, 0.25) is 0 Å². The van der Waals surface area contributed by atoms with E-state index in [0.717, 1.165) is 12.0 Å². The Balaban J connectivity index is 1.98. The SMILES string of the molecule is CCc1ccc([C@H](C)NC(=O)Nc2ccccc2OC)cc1. The zero-order valence-electron chi connectivity index (χ0n) is 13.2. The first kappa shape index (κ1) is 15.9. The molecule has 2 aromatic rings. The number of hydrogen-bond donors (Lipinski definition) is 2. The lowest BCUT2D eigenvalue weighted by Crippen LogP contribution is -2.31. The van der Waals surface area contributed by atoms with Crippen molar-refractivity contribution in [1.82, 2.24) is 5.32 Å². The number of carbonyl (C=O) groups excluding carboxylic acids is 1. The molecule has 2 rings (SSSR count). The number of urea groups is 1. The summed E-state index contributed by atoms with van der Waals surface area (Å²) in [4.78, 5) is 12.1. The van der Waals surface area contributed by atoms with Gasteiger partial charge >= 0.3 is 6.03 Å². The second-order valence-corrected chi connectivity index (χ2v) is 5.12. The number of methoxy groups -OCH3 is 1. The molecule has 2 N–H and O–H groups in total. The minimum Gasteiger partial charge on any atom is -0.495 e. The van der Waals surface area contributed by atoms with E-state index in [1.165, 1.54) is 5.56 Å². The fourth-order valence-corrected chi connectivity index (χ4v) is 2.23. The van der Waals surface area contributed by atoms with Crippen LogP contribution in [0, 0.1) is 0 Å². The Morgan fingerprint density at radius 1 is 1.14 bits per heavy atom. The zero-order valence-corrected chi connectivity index (χ0v) is 13.2. The molecule has 0 aromatic heterocycles. The second-order valence-electron chi connectivity index (χ2n) is 5.12. The monoisotopic (exact) mass is 298 g/mol. The highest BCUT2D eigenvalue weighted by molar-refractivity contribution is 5.91. The van der Waals surface area contributed by atoms with Crippen LogP contribution in [0.1, 0.15) is 31.0 Å².